The molecule has 0 amide bonds. The Labute approximate surface area is 108 Å². The molecule has 0 aliphatic heterocycles. The zero-order valence-corrected chi connectivity index (χ0v) is 11.4. The fourth-order valence-corrected chi connectivity index (χ4v) is 1.74. The van der Waals surface area contributed by atoms with Gasteiger partial charge in [0.05, 0.1) is 0 Å². The van der Waals surface area contributed by atoms with Gasteiger partial charge in [0, 0.05) is 23.2 Å². The molecule has 0 fully saturated rings. The molecule has 0 bridgehead atoms. The lowest BCUT2D eigenvalue weighted by molar-refractivity contribution is 0.392. The van der Waals surface area contributed by atoms with Gasteiger partial charge in [-0.2, -0.15) is 0 Å². The van der Waals surface area contributed by atoms with Crippen LogP contribution in [0.1, 0.15) is 32.0 Å². The highest BCUT2D eigenvalue weighted by Gasteiger charge is 2.15. The first-order chi connectivity index (χ1) is 8.47. The minimum absolute atomic E-state index is 0.0816. The summed E-state index contributed by atoms with van der Waals surface area (Å²) >= 11 is 0. The number of aromatic nitrogens is 1. The molecule has 3 heteroatoms. The van der Waals surface area contributed by atoms with Crippen LogP contribution in [-0.2, 0) is 6.54 Å². The van der Waals surface area contributed by atoms with E-state index in [1.807, 2.05) is 30.3 Å². The van der Waals surface area contributed by atoms with E-state index in [9.17, 15) is 0 Å². The van der Waals surface area contributed by atoms with Crippen LogP contribution in [0.5, 0.6) is 0 Å². The molecule has 0 atom stereocenters. The quantitative estimate of drug-likeness (QED) is 0.897. The van der Waals surface area contributed by atoms with Gasteiger partial charge < -0.3 is 9.84 Å². The van der Waals surface area contributed by atoms with E-state index in [-0.39, 0.29) is 5.54 Å². The Morgan fingerprint density at radius 3 is 2.44 bits per heavy atom. The third-order valence-corrected chi connectivity index (χ3v) is 2.84. The Kier molecular flexibility index (Phi) is 3.53. The predicted octanol–water partition coefficient (Wildman–Crippen LogP) is 3.54. The van der Waals surface area contributed by atoms with Crippen LogP contribution in [0.15, 0.2) is 34.9 Å². The molecule has 2 aromatic rings. The minimum Gasteiger partial charge on any atom is -0.356 e. The zero-order valence-electron chi connectivity index (χ0n) is 11.4. The average molecular weight is 244 g/mol. The third kappa shape index (κ3) is 2.99. The first kappa shape index (κ1) is 12.8. The molecular weight excluding hydrogens is 224 g/mol. The number of nitrogens with one attached hydrogen (secondary N) is 1. The lowest BCUT2D eigenvalue weighted by Gasteiger charge is -2.19. The Morgan fingerprint density at radius 1 is 1.17 bits per heavy atom. The van der Waals surface area contributed by atoms with Crippen molar-refractivity contribution in [2.45, 2.75) is 39.8 Å². The van der Waals surface area contributed by atoms with Crippen molar-refractivity contribution in [2.24, 2.45) is 0 Å². The van der Waals surface area contributed by atoms with Gasteiger partial charge in [-0.3, -0.25) is 0 Å². The second-order valence-electron chi connectivity index (χ2n) is 5.55. The molecule has 0 saturated carbocycles. The van der Waals surface area contributed by atoms with Crippen LogP contribution in [-0.4, -0.2) is 10.7 Å². The largest absolute Gasteiger partial charge is 0.356 e. The summed E-state index contributed by atoms with van der Waals surface area (Å²) in [6.45, 7) is 9.20. The summed E-state index contributed by atoms with van der Waals surface area (Å²) in [6, 6.07) is 10.1. The maximum Gasteiger partial charge on any atom is 0.170 e. The predicted molar refractivity (Wildman–Crippen MR) is 73.3 cm³/mol. The van der Waals surface area contributed by atoms with E-state index in [1.54, 1.807) is 0 Å². The number of rotatable bonds is 3. The van der Waals surface area contributed by atoms with Crippen molar-refractivity contribution in [3.63, 3.8) is 0 Å². The molecule has 0 radical (unpaired) electrons. The van der Waals surface area contributed by atoms with Crippen LogP contribution in [0, 0.1) is 6.92 Å². The molecule has 0 unspecified atom stereocenters. The number of hydrogen-bond acceptors (Lipinski definition) is 3. The molecule has 0 spiro atoms. The van der Waals surface area contributed by atoms with E-state index in [0.717, 1.165) is 29.1 Å². The van der Waals surface area contributed by atoms with Crippen LogP contribution in [0.25, 0.3) is 11.3 Å². The van der Waals surface area contributed by atoms with Crippen LogP contribution >= 0.6 is 0 Å². The highest BCUT2D eigenvalue weighted by molar-refractivity contribution is 5.61. The molecule has 1 aromatic carbocycles. The van der Waals surface area contributed by atoms with Gasteiger partial charge in [-0.25, -0.2) is 0 Å². The Hall–Kier alpha value is -1.61. The third-order valence-electron chi connectivity index (χ3n) is 2.84. The summed E-state index contributed by atoms with van der Waals surface area (Å²) < 4.78 is 5.46. The van der Waals surface area contributed by atoms with E-state index >= 15 is 0 Å². The summed E-state index contributed by atoms with van der Waals surface area (Å²) in [5.74, 6) is 0.862. The summed E-state index contributed by atoms with van der Waals surface area (Å²) in [7, 11) is 0. The summed E-state index contributed by atoms with van der Waals surface area (Å²) in [4.78, 5) is 0. The molecule has 0 saturated heterocycles. The molecule has 3 nitrogen and oxygen atoms in total. The Balaban J connectivity index is 2.19. The monoisotopic (exact) mass is 244 g/mol. The lowest BCUT2D eigenvalue weighted by Crippen LogP contribution is -2.35. The van der Waals surface area contributed by atoms with Gasteiger partial charge in [0.2, 0.25) is 0 Å². The van der Waals surface area contributed by atoms with Crippen LogP contribution in [0.4, 0.5) is 0 Å². The van der Waals surface area contributed by atoms with Gasteiger partial charge in [-0.05, 0) is 27.7 Å². The van der Waals surface area contributed by atoms with Crippen LogP contribution in [0.3, 0.4) is 0 Å². The van der Waals surface area contributed by atoms with Crippen molar-refractivity contribution in [1.82, 2.24) is 10.5 Å². The maximum atomic E-state index is 5.46. The van der Waals surface area contributed by atoms with E-state index in [1.165, 1.54) is 0 Å². The zero-order chi connectivity index (χ0) is 13.2. The van der Waals surface area contributed by atoms with Gasteiger partial charge in [0.1, 0.15) is 5.69 Å². The molecule has 18 heavy (non-hydrogen) atoms. The number of nitrogens with zero attached hydrogens (tertiary/aromatic N) is 1. The van der Waals surface area contributed by atoms with Gasteiger partial charge in [-0.15, -0.1) is 0 Å². The van der Waals surface area contributed by atoms with Gasteiger partial charge in [0.25, 0.3) is 0 Å². The highest BCUT2D eigenvalue weighted by atomic mass is 16.5. The first-order valence-corrected chi connectivity index (χ1v) is 6.23. The van der Waals surface area contributed by atoms with E-state index < -0.39 is 0 Å². The minimum atomic E-state index is 0.0816. The van der Waals surface area contributed by atoms with Crippen LogP contribution < -0.4 is 5.32 Å². The summed E-state index contributed by atoms with van der Waals surface area (Å²) in [5, 5.41) is 7.58. The Morgan fingerprint density at radius 2 is 1.83 bits per heavy atom. The highest BCUT2D eigenvalue weighted by Crippen LogP contribution is 2.25. The Bertz CT molecular complexity index is 509. The molecule has 0 aliphatic carbocycles. The number of hydrogen-bond donors (Lipinski definition) is 1. The van der Waals surface area contributed by atoms with Gasteiger partial charge in [0.15, 0.2) is 5.76 Å². The van der Waals surface area contributed by atoms with E-state index in [0.29, 0.717) is 0 Å². The lowest BCUT2D eigenvalue weighted by atomic mass is 10.1. The normalized spacial score (nSPS) is 11.8. The van der Waals surface area contributed by atoms with Gasteiger partial charge in [-0.1, -0.05) is 35.5 Å². The van der Waals surface area contributed by atoms with Crippen molar-refractivity contribution in [3.05, 3.63) is 41.6 Å². The first-order valence-electron chi connectivity index (χ1n) is 6.23. The molecule has 1 aromatic heterocycles. The average Bonchev–Trinajstić information content (AvgIpc) is 2.68. The standard InChI is InChI=1S/C15H20N2O/c1-11-13(10-16-15(2,3)4)17-18-14(11)12-8-6-5-7-9-12/h5-9,16H,10H2,1-4H3. The maximum absolute atomic E-state index is 5.46. The molecular formula is C15H20N2O. The molecule has 1 heterocycles. The molecule has 2 rings (SSSR count). The van der Waals surface area contributed by atoms with Crippen molar-refractivity contribution in [1.29, 1.82) is 0 Å². The SMILES string of the molecule is Cc1c(CNC(C)(C)C)noc1-c1ccccc1. The fraction of sp³-hybridized carbons (Fsp3) is 0.400. The van der Waals surface area contributed by atoms with Crippen molar-refractivity contribution in [2.75, 3.05) is 0 Å². The molecule has 0 aliphatic rings. The van der Waals surface area contributed by atoms with E-state index in [4.69, 9.17) is 4.52 Å². The molecule has 96 valence electrons. The van der Waals surface area contributed by atoms with Crippen molar-refractivity contribution in [3.8, 4) is 11.3 Å². The second kappa shape index (κ2) is 4.94. The smallest absolute Gasteiger partial charge is 0.170 e. The molecule has 1 N–H and O–H groups in total. The van der Waals surface area contributed by atoms with Crippen molar-refractivity contribution < 1.29 is 4.52 Å². The summed E-state index contributed by atoms with van der Waals surface area (Å²) in [6.07, 6.45) is 0. The van der Waals surface area contributed by atoms with Gasteiger partial charge >= 0.3 is 0 Å². The van der Waals surface area contributed by atoms with Crippen LogP contribution in [0.2, 0.25) is 0 Å². The van der Waals surface area contributed by atoms with Crippen molar-refractivity contribution >= 4 is 0 Å². The topological polar surface area (TPSA) is 38.1 Å². The number of benzene rings is 1. The van der Waals surface area contributed by atoms with E-state index in [2.05, 4.69) is 38.2 Å². The summed E-state index contributed by atoms with van der Waals surface area (Å²) in [5.41, 5.74) is 3.24. The second-order valence-corrected chi connectivity index (χ2v) is 5.55. The fourth-order valence-electron chi connectivity index (χ4n) is 1.74.